The molecule has 4 atom stereocenters. The lowest BCUT2D eigenvalue weighted by atomic mass is 9.82. The van der Waals surface area contributed by atoms with Crippen molar-refractivity contribution in [2.75, 3.05) is 5.32 Å². The minimum Gasteiger partial charge on any atom is -0.481 e. The Morgan fingerprint density at radius 3 is 2.39 bits per heavy atom. The fraction of sp³-hybridized carbons (Fsp3) is 0.348. The molecule has 1 fully saturated rings. The second-order valence-electron chi connectivity index (χ2n) is 8.14. The van der Waals surface area contributed by atoms with Crippen LogP contribution in [0.1, 0.15) is 30.6 Å². The van der Waals surface area contributed by atoms with E-state index >= 15 is 0 Å². The highest BCUT2D eigenvalue weighted by atomic mass is 32.1. The van der Waals surface area contributed by atoms with Gasteiger partial charge in [-0.15, -0.1) is 11.3 Å². The molecule has 2 bridgehead atoms. The zero-order valence-corrected chi connectivity index (χ0v) is 17.8. The molecule has 2 aliphatic carbocycles. The number of hydrogen-bond donors (Lipinski definition) is 2. The Morgan fingerprint density at radius 2 is 1.77 bits per heavy atom. The maximum atomic E-state index is 13.4. The molecule has 1 amide bonds. The second-order valence-corrected chi connectivity index (χ2v) is 9.02. The zero-order valence-electron chi connectivity index (χ0n) is 17.0. The highest BCUT2D eigenvalue weighted by Gasteiger charge is 2.51. The number of amides is 1. The Kier molecular flexibility index (Phi) is 5.66. The number of esters is 1. The summed E-state index contributed by atoms with van der Waals surface area (Å²) in [4.78, 5) is 37.7. The quantitative estimate of drug-likeness (QED) is 0.504. The molecule has 0 spiro atoms. The summed E-state index contributed by atoms with van der Waals surface area (Å²) in [6, 6.07) is 5.69. The SMILES string of the molecule is CC(C)OC(=O)c1c(-c2ccc(F)cc2)csc1NC(=O)[C@@H]1[C@@H](C(=O)O)[C@H]2C=C[C@@H]1C2. The number of rotatable bonds is 6. The van der Waals surface area contributed by atoms with Crippen LogP contribution in [0.2, 0.25) is 0 Å². The fourth-order valence-electron chi connectivity index (χ4n) is 4.48. The standard InChI is InChI=1S/C23H22FNO5S/c1-11(2)30-23(29)19-16(12-5-7-15(24)8-6-12)10-31-21(19)25-20(26)17-13-3-4-14(9-13)18(17)22(27)28/h3-8,10-11,13-14,17-18H,9H2,1-2H3,(H,25,26)(H,27,28)/t13-,14+,17+,18+/m1/s1. The van der Waals surface area contributed by atoms with Crippen LogP contribution in [0.5, 0.6) is 0 Å². The van der Waals surface area contributed by atoms with Crippen molar-refractivity contribution in [3.8, 4) is 11.1 Å². The predicted octanol–water partition coefficient (Wildman–Crippen LogP) is 4.58. The van der Waals surface area contributed by atoms with Crippen molar-refractivity contribution >= 4 is 34.2 Å². The smallest absolute Gasteiger partial charge is 0.342 e. The van der Waals surface area contributed by atoms with Crippen molar-refractivity contribution in [2.45, 2.75) is 26.4 Å². The van der Waals surface area contributed by atoms with Gasteiger partial charge in [-0.3, -0.25) is 9.59 Å². The highest BCUT2D eigenvalue weighted by molar-refractivity contribution is 7.15. The van der Waals surface area contributed by atoms with E-state index in [1.54, 1.807) is 31.4 Å². The predicted molar refractivity (Wildman–Crippen MR) is 114 cm³/mol. The van der Waals surface area contributed by atoms with Crippen LogP contribution in [-0.4, -0.2) is 29.1 Å². The maximum absolute atomic E-state index is 13.4. The van der Waals surface area contributed by atoms with Gasteiger partial charge in [-0.05, 0) is 49.8 Å². The largest absolute Gasteiger partial charge is 0.481 e. The van der Waals surface area contributed by atoms with Gasteiger partial charge in [0.15, 0.2) is 0 Å². The Balaban J connectivity index is 1.67. The molecule has 0 saturated heterocycles. The molecular weight excluding hydrogens is 421 g/mol. The Labute approximate surface area is 182 Å². The van der Waals surface area contributed by atoms with Gasteiger partial charge in [0, 0.05) is 10.9 Å². The van der Waals surface area contributed by atoms with Gasteiger partial charge in [-0.25, -0.2) is 9.18 Å². The van der Waals surface area contributed by atoms with Gasteiger partial charge in [-0.1, -0.05) is 24.3 Å². The number of anilines is 1. The van der Waals surface area contributed by atoms with Crippen molar-refractivity contribution in [3.05, 3.63) is 53.2 Å². The third kappa shape index (κ3) is 3.99. The van der Waals surface area contributed by atoms with Crippen molar-refractivity contribution in [1.29, 1.82) is 0 Å². The molecule has 162 valence electrons. The summed E-state index contributed by atoms with van der Waals surface area (Å²) in [5.41, 5.74) is 1.32. The molecule has 1 aromatic heterocycles. The third-order valence-corrected chi connectivity index (χ3v) is 6.67. The molecule has 2 aromatic rings. The summed E-state index contributed by atoms with van der Waals surface area (Å²) in [5.74, 6) is -4.17. The lowest BCUT2D eigenvalue weighted by Gasteiger charge is -2.23. The number of nitrogens with one attached hydrogen (secondary N) is 1. The molecule has 1 heterocycles. The van der Waals surface area contributed by atoms with E-state index in [1.807, 2.05) is 12.2 Å². The summed E-state index contributed by atoms with van der Waals surface area (Å²) in [6.45, 7) is 3.44. The van der Waals surface area contributed by atoms with Crippen molar-refractivity contribution < 1.29 is 28.6 Å². The molecule has 0 aliphatic heterocycles. The van der Waals surface area contributed by atoms with Crippen LogP contribution in [-0.2, 0) is 14.3 Å². The van der Waals surface area contributed by atoms with Crippen LogP contribution in [0.25, 0.3) is 11.1 Å². The molecule has 2 aliphatic rings. The molecule has 2 N–H and O–H groups in total. The summed E-state index contributed by atoms with van der Waals surface area (Å²) >= 11 is 1.16. The monoisotopic (exact) mass is 443 g/mol. The molecule has 1 aromatic carbocycles. The number of benzene rings is 1. The number of aliphatic carboxylic acids is 1. The molecule has 4 rings (SSSR count). The maximum Gasteiger partial charge on any atom is 0.342 e. The molecule has 1 saturated carbocycles. The summed E-state index contributed by atoms with van der Waals surface area (Å²) in [7, 11) is 0. The second kappa shape index (κ2) is 8.26. The van der Waals surface area contributed by atoms with E-state index in [1.165, 1.54) is 12.1 Å². The minimum absolute atomic E-state index is 0.131. The molecular formula is C23H22FNO5S. The first-order chi connectivity index (χ1) is 14.8. The molecule has 0 unspecified atom stereocenters. The number of allylic oxidation sites excluding steroid dienone is 2. The molecule has 8 heteroatoms. The van der Waals surface area contributed by atoms with Crippen molar-refractivity contribution in [3.63, 3.8) is 0 Å². The van der Waals surface area contributed by atoms with Gasteiger partial charge in [0.25, 0.3) is 0 Å². The van der Waals surface area contributed by atoms with Gasteiger partial charge in [0.05, 0.1) is 17.9 Å². The lowest BCUT2D eigenvalue weighted by Crippen LogP contribution is -2.36. The third-order valence-electron chi connectivity index (χ3n) is 5.78. The lowest BCUT2D eigenvalue weighted by molar-refractivity contribution is -0.146. The number of thiophene rings is 1. The number of carboxylic acid groups (broad SMARTS) is 1. The Morgan fingerprint density at radius 1 is 1.13 bits per heavy atom. The summed E-state index contributed by atoms with van der Waals surface area (Å²) in [5, 5.41) is 14.4. The summed E-state index contributed by atoms with van der Waals surface area (Å²) in [6.07, 6.45) is 4.05. The number of hydrogen-bond acceptors (Lipinski definition) is 5. The number of carboxylic acids is 1. The fourth-order valence-corrected chi connectivity index (χ4v) is 5.44. The topological polar surface area (TPSA) is 92.7 Å². The number of fused-ring (bicyclic) bond motifs is 2. The van der Waals surface area contributed by atoms with E-state index in [0.717, 1.165) is 11.3 Å². The van der Waals surface area contributed by atoms with E-state index in [2.05, 4.69) is 5.32 Å². The Bertz CT molecular complexity index is 1060. The molecule has 6 nitrogen and oxygen atoms in total. The average Bonchev–Trinajstić information content (AvgIpc) is 3.42. The number of halogens is 1. The van der Waals surface area contributed by atoms with Crippen LogP contribution < -0.4 is 5.32 Å². The van der Waals surface area contributed by atoms with Crippen molar-refractivity contribution in [2.24, 2.45) is 23.7 Å². The van der Waals surface area contributed by atoms with Crippen molar-refractivity contribution in [1.82, 2.24) is 0 Å². The van der Waals surface area contributed by atoms with E-state index < -0.39 is 35.5 Å². The van der Waals surface area contributed by atoms with E-state index in [-0.39, 0.29) is 23.5 Å². The van der Waals surface area contributed by atoms with Gasteiger partial charge in [-0.2, -0.15) is 0 Å². The summed E-state index contributed by atoms with van der Waals surface area (Å²) < 4.78 is 18.7. The van der Waals surface area contributed by atoms with Gasteiger partial charge in [0.1, 0.15) is 16.4 Å². The van der Waals surface area contributed by atoms with E-state index in [4.69, 9.17) is 4.74 Å². The van der Waals surface area contributed by atoms with Crippen LogP contribution in [0, 0.1) is 29.5 Å². The molecule has 0 radical (unpaired) electrons. The van der Waals surface area contributed by atoms with Gasteiger partial charge in [0.2, 0.25) is 5.91 Å². The molecule has 31 heavy (non-hydrogen) atoms. The van der Waals surface area contributed by atoms with Gasteiger partial charge < -0.3 is 15.2 Å². The zero-order chi connectivity index (χ0) is 22.3. The van der Waals surface area contributed by atoms with Gasteiger partial charge >= 0.3 is 11.9 Å². The number of ether oxygens (including phenoxy) is 1. The average molecular weight is 443 g/mol. The first-order valence-corrected chi connectivity index (χ1v) is 10.9. The number of carbonyl (C=O) groups excluding carboxylic acids is 2. The first-order valence-electron chi connectivity index (χ1n) is 10.1. The van der Waals surface area contributed by atoms with Crippen LogP contribution in [0.15, 0.2) is 41.8 Å². The minimum atomic E-state index is -0.991. The van der Waals surface area contributed by atoms with Crippen LogP contribution in [0.4, 0.5) is 9.39 Å². The first kappa shape index (κ1) is 21.2. The van der Waals surface area contributed by atoms with E-state index in [0.29, 0.717) is 22.5 Å². The van der Waals surface area contributed by atoms with Crippen LogP contribution >= 0.6 is 11.3 Å². The normalized spacial score (nSPS) is 23.9. The van der Waals surface area contributed by atoms with Crippen LogP contribution in [0.3, 0.4) is 0 Å². The highest BCUT2D eigenvalue weighted by Crippen LogP contribution is 2.49. The number of carbonyl (C=O) groups is 3. The van der Waals surface area contributed by atoms with E-state index in [9.17, 15) is 23.9 Å². The Hall–Kier alpha value is -3.00.